The van der Waals surface area contributed by atoms with Gasteiger partial charge in [-0.25, -0.2) is 9.97 Å². The third-order valence-corrected chi connectivity index (χ3v) is 4.20. The largest absolute Gasteiger partial charge is 0.355 e. The maximum atomic E-state index is 6.07. The summed E-state index contributed by atoms with van der Waals surface area (Å²) in [4.78, 5) is 10.9. The SMILES string of the molecule is Clc1nc(-c2ccccc2)cc(N2CCSCC2)n1. The molecule has 0 amide bonds. The van der Waals surface area contributed by atoms with E-state index >= 15 is 0 Å². The average Bonchev–Trinajstić information content (AvgIpc) is 2.48. The lowest BCUT2D eigenvalue weighted by Crippen LogP contribution is -2.33. The fraction of sp³-hybridized carbons (Fsp3) is 0.286. The zero-order chi connectivity index (χ0) is 13.1. The van der Waals surface area contributed by atoms with Crippen molar-refractivity contribution in [3.05, 3.63) is 41.7 Å². The van der Waals surface area contributed by atoms with Gasteiger partial charge in [0.05, 0.1) is 5.69 Å². The summed E-state index contributed by atoms with van der Waals surface area (Å²) in [6, 6.07) is 12.1. The van der Waals surface area contributed by atoms with Gasteiger partial charge in [-0.1, -0.05) is 30.3 Å². The van der Waals surface area contributed by atoms with Crippen molar-refractivity contribution in [2.45, 2.75) is 0 Å². The third kappa shape index (κ3) is 3.01. The van der Waals surface area contributed by atoms with Crippen LogP contribution in [0.4, 0.5) is 5.82 Å². The van der Waals surface area contributed by atoms with Crippen LogP contribution >= 0.6 is 23.4 Å². The van der Waals surface area contributed by atoms with Gasteiger partial charge in [-0.3, -0.25) is 0 Å². The Morgan fingerprint density at radius 3 is 2.53 bits per heavy atom. The quantitative estimate of drug-likeness (QED) is 0.794. The van der Waals surface area contributed by atoms with E-state index in [0.717, 1.165) is 41.7 Å². The first-order valence-electron chi connectivity index (χ1n) is 6.25. The van der Waals surface area contributed by atoms with Crippen molar-refractivity contribution in [1.82, 2.24) is 9.97 Å². The zero-order valence-electron chi connectivity index (χ0n) is 10.4. The molecule has 1 aromatic heterocycles. The predicted molar refractivity (Wildman–Crippen MR) is 82.0 cm³/mol. The van der Waals surface area contributed by atoms with E-state index in [1.165, 1.54) is 0 Å². The Morgan fingerprint density at radius 1 is 1.05 bits per heavy atom. The number of hydrogen-bond donors (Lipinski definition) is 0. The van der Waals surface area contributed by atoms with Crippen molar-refractivity contribution in [2.75, 3.05) is 29.5 Å². The molecule has 1 aliphatic heterocycles. The fourth-order valence-electron chi connectivity index (χ4n) is 2.12. The normalized spacial score (nSPS) is 15.5. The summed E-state index contributed by atoms with van der Waals surface area (Å²) in [5.41, 5.74) is 1.95. The lowest BCUT2D eigenvalue weighted by Gasteiger charge is -2.27. The molecule has 19 heavy (non-hydrogen) atoms. The smallest absolute Gasteiger partial charge is 0.224 e. The first kappa shape index (κ1) is 12.8. The molecule has 2 heterocycles. The monoisotopic (exact) mass is 291 g/mol. The van der Waals surface area contributed by atoms with Gasteiger partial charge in [0.15, 0.2) is 0 Å². The molecule has 0 saturated carbocycles. The summed E-state index contributed by atoms with van der Waals surface area (Å²) in [5, 5.41) is 0.314. The number of hydrogen-bond acceptors (Lipinski definition) is 4. The van der Waals surface area contributed by atoms with E-state index in [-0.39, 0.29) is 0 Å². The van der Waals surface area contributed by atoms with Crippen LogP contribution in [0.2, 0.25) is 5.28 Å². The van der Waals surface area contributed by atoms with Crippen LogP contribution < -0.4 is 4.90 Å². The van der Waals surface area contributed by atoms with Gasteiger partial charge < -0.3 is 4.90 Å². The molecule has 5 heteroatoms. The molecule has 3 nitrogen and oxygen atoms in total. The van der Waals surface area contributed by atoms with Gasteiger partial charge in [-0.2, -0.15) is 11.8 Å². The van der Waals surface area contributed by atoms with Gasteiger partial charge in [-0.05, 0) is 11.6 Å². The molecule has 3 rings (SSSR count). The fourth-order valence-corrected chi connectivity index (χ4v) is 3.20. The van der Waals surface area contributed by atoms with Crippen LogP contribution in [-0.2, 0) is 0 Å². The summed E-state index contributed by atoms with van der Waals surface area (Å²) in [6.07, 6.45) is 0. The van der Waals surface area contributed by atoms with Crippen molar-refractivity contribution >= 4 is 29.2 Å². The first-order valence-corrected chi connectivity index (χ1v) is 7.79. The Morgan fingerprint density at radius 2 is 1.79 bits per heavy atom. The highest BCUT2D eigenvalue weighted by Gasteiger charge is 2.14. The number of thioether (sulfide) groups is 1. The molecule has 1 aromatic carbocycles. The maximum absolute atomic E-state index is 6.07. The molecule has 0 atom stereocenters. The van der Waals surface area contributed by atoms with Crippen molar-refractivity contribution in [3.63, 3.8) is 0 Å². The molecule has 1 saturated heterocycles. The molecule has 0 bridgehead atoms. The number of halogens is 1. The van der Waals surface area contributed by atoms with Crippen LogP contribution in [0, 0.1) is 0 Å². The maximum Gasteiger partial charge on any atom is 0.224 e. The molecule has 2 aromatic rings. The van der Waals surface area contributed by atoms with Gasteiger partial charge in [0.25, 0.3) is 0 Å². The number of nitrogens with zero attached hydrogens (tertiary/aromatic N) is 3. The Bertz CT molecular complexity index is 556. The molecule has 1 fully saturated rings. The predicted octanol–water partition coefficient (Wildman–Crippen LogP) is 3.35. The van der Waals surface area contributed by atoms with Gasteiger partial charge in [-0.15, -0.1) is 0 Å². The number of rotatable bonds is 2. The van der Waals surface area contributed by atoms with E-state index in [4.69, 9.17) is 11.6 Å². The second-order valence-corrected chi connectivity index (χ2v) is 5.91. The van der Waals surface area contributed by atoms with Crippen LogP contribution in [0.5, 0.6) is 0 Å². The molecular formula is C14H14ClN3S. The summed E-state index contributed by atoms with van der Waals surface area (Å²) in [7, 11) is 0. The van der Waals surface area contributed by atoms with Crippen LogP contribution in [-0.4, -0.2) is 34.6 Å². The van der Waals surface area contributed by atoms with Crippen molar-refractivity contribution in [3.8, 4) is 11.3 Å². The highest BCUT2D eigenvalue weighted by atomic mass is 35.5. The van der Waals surface area contributed by atoms with Crippen molar-refractivity contribution in [2.24, 2.45) is 0 Å². The van der Waals surface area contributed by atoms with E-state index < -0.39 is 0 Å². The molecule has 1 aliphatic rings. The second kappa shape index (κ2) is 5.80. The number of aromatic nitrogens is 2. The molecular weight excluding hydrogens is 278 g/mol. The molecule has 0 spiro atoms. The van der Waals surface area contributed by atoms with Crippen LogP contribution in [0.1, 0.15) is 0 Å². The highest BCUT2D eigenvalue weighted by molar-refractivity contribution is 7.99. The molecule has 0 unspecified atom stereocenters. The molecule has 0 radical (unpaired) electrons. The van der Waals surface area contributed by atoms with E-state index in [1.807, 2.05) is 48.2 Å². The van der Waals surface area contributed by atoms with Crippen LogP contribution in [0.15, 0.2) is 36.4 Å². The van der Waals surface area contributed by atoms with Crippen molar-refractivity contribution in [1.29, 1.82) is 0 Å². The highest BCUT2D eigenvalue weighted by Crippen LogP contribution is 2.24. The zero-order valence-corrected chi connectivity index (χ0v) is 12.0. The molecule has 98 valence electrons. The number of benzene rings is 1. The second-order valence-electron chi connectivity index (χ2n) is 4.35. The lowest BCUT2D eigenvalue weighted by atomic mass is 10.1. The van der Waals surface area contributed by atoms with Crippen molar-refractivity contribution < 1.29 is 0 Å². The summed E-state index contributed by atoms with van der Waals surface area (Å²) in [6.45, 7) is 2.04. The standard InChI is InChI=1S/C14H14ClN3S/c15-14-16-12(11-4-2-1-3-5-11)10-13(17-14)18-6-8-19-9-7-18/h1-5,10H,6-9H2. The summed E-state index contributed by atoms with van der Waals surface area (Å²) < 4.78 is 0. The molecule has 0 aliphatic carbocycles. The average molecular weight is 292 g/mol. The van der Waals surface area contributed by atoms with Crippen LogP contribution in [0.25, 0.3) is 11.3 Å². The Labute approximate surface area is 122 Å². The third-order valence-electron chi connectivity index (χ3n) is 3.09. The van der Waals surface area contributed by atoms with Gasteiger partial charge >= 0.3 is 0 Å². The Kier molecular flexibility index (Phi) is 3.89. The Balaban J connectivity index is 1.96. The first-order chi connectivity index (χ1) is 9.33. The topological polar surface area (TPSA) is 29.0 Å². The Hall–Kier alpha value is -1.26. The van der Waals surface area contributed by atoms with Gasteiger partial charge in [0.2, 0.25) is 5.28 Å². The van der Waals surface area contributed by atoms with E-state index in [2.05, 4.69) is 14.9 Å². The summed E-state index contributed by atoms with van der Waals surface area (Å²) in [5.74, 6) is 3.21. The minimum absolute atomic E-state index is 0.314. The van der Waals surface area contributed by atoms with Crippen LogP contribution in [0.3, 0.4) is 0 Å². The van der Waals surface area contributed by atoms with Gasteiger partial charge in [0.1, 0.15) is 5.82 Å². The minimum Gasteiger partial charge on any atom is -0.355 e. The van der Waals surface area contributed by atoms with E-state index in [1.54, 1.807) is 0 Å². The number of anilines is 1. The lowest BCUT2D eigenvalue weighted by molar-refractivity contribution is 0.836. The molecule has 0 N–H and O–H groups in total. The van der Waals surface area contributed by atoms with Gasteiger partial charge in [0, 0.05) is 36.2 Å². The van der Waals surface area contributed by atoms with E-state index in [9.17, 15) is 0 Å². The summed E-state index contributed by atoms with van der Waals surface area (Å²) >= 11 is 8.05. The van der Waals surface area contributed by atoms with E-state index in [0.29, 0.717) is 5.28 Å². The minimum atomic E-state index is 0.314.